The van der Waals surface area contributed by atoms with Gasteiger partial charge in [0.1, 0.15) is 5.82 Å². The van der Waals surface area contributed by atoms with Crippen molar-refractivity contribution in [3.05, 3.63) is 59.2 Å². The van der Waals surface area contributed by atoms with E-state index in [0.29, 0.717) is 27.9 Å². The molecule has 0 saturated heterocycles. The van der Waals surface area contributed by atoms with Crippen LogP contribution < -0.4 is 14.8 Å². The zero-order chi connectivity index (χ0) is 18.5. The monoisotopic (exact) mass is 372 g/mol. The topological polar surface area (TPSA) is 60.5 Å². The highest BCUT2D eigenvalue weighted by Crippen LogP contribution is 2.28. The van der Waals surface area contributed by atoms with Crippen LogP contribution >= 0.6 is 11.3 Å². The number of ether oxygens (including phenoxy) is 2. The Labute approximate surface area is 154 Å². The van der Waals surface area contributed by atoms with E-state index in [4.69, 9.17) is 9.47 Å². The van der Waals surface area contributed by atoms with Crippen molar-refractivity contribution in [1.29, 1.82) is 0 Å². The lowest BCUT2D eigenvalue weighted by Crippen LogP contribution is -2.14. The van der Waals surface area contributed by atoms with E-state index in [0.717, 1.165) is 5.56 Å². The van der Waals surface area contributed by atoms with Crippen LogP contribution in [0, 0.1) is 5.82 Å². The molecule has 0 aliphatic carbocycles. The van der Waals surface area contributed by atoms with Crippen LogP contribution in [-0.2, 0) is 11.2 Å². The van der Waals surface area contributed by atoms with Gasteiger partial charge in [0.05, 0.1) is 26.3 Å². The second-order valence-corrected chi connectivity index (χ2v) is 6.32. The first kappa shape index (κ1) is 17.9. The Bertz CT molecular complexity index is 927. The number of hydrogen-bond donors (Lipinski definition) is 1. The fourth-order valence-corrected chi connectivity index (χ4v) is 3.19. The molecule has 5 nitrogen and oxygen atoms in total. The third kappa shape index (κ3) is 4.18. The van der Waals surface area contributed by atoms with Gasteiger partial charge in [0.25, 0.3) is 0 Å². The number of carbonyl (C=O) groups excluding carboxylic acids is 1. The van der Waals surface area contributed by atoms with Crippen molar-refractivity contribution in [2.75, 3.05) is 19.5 Å². The summed E-state index contributed by atoms with van der Waals surface area (Å²) in [5.74, 6) is 0.656. The lowest BCUT2D eigenvalue weighted by molar-refractivity contribution is -0.115. The molecule has 7 heteroatoms. The highest BCUT2D eigenvalue weighted by atomic mass is 32.1. The number of amides is 1. The summed E-state index contributed by atoms with van der Waals surface area (Å²) in [6.45, 7) is 0. The lowest BCUT2D eigenvalue weighted by atomic mass is 10.1. The highest BCUT2D eigenvalue weighted by molar-refractivity contribution is 7.14. The smallest absolute Gasteiger partial charge is 0.230 e. The lowest BCUT2D eigenvalue weighted by Gasteiger charge is -2.09. The van der Waals surface area contributed by atoms with Gasteiger partial charge in [-0.1, -0.05) is 18.2 Å². The molecular weight excluding hydrogens is 355 g/mol. The zero-order valence-electron chi connectivity index (χ0n) is 14.3. The van der Waals surface area contributed by atoms with Gasteiger partial charge in [0.2, 0.25) is 5.91 Å². The van der Waals surface area contributed by atoms with Crippen LogP contribution in [0.5, 0.6) is 11.5 Å². The number of nitrogens with zero attached hydrogens (tertiary/aromatic N) is 1. The molecule has 0 aliphatic heterocycles. The largest absolute Gasteiger partial charge is 0.493 e. The van der Waals surface area contributed by atoms with Crippen molar-refractivity contribution in [3.63, 3.8) is 0 Å². The number of halogens is 1. The molecule has 0 bridgehead atoms. The quantitative estimate of drug-likeness (QED) is 0.706. The van der Waals surface area contributed by atoms with Crippen molar-refractivity contribution >= 4 is 22.4 Å². The van der Waals surface area contributed by atoms with Gasteiger partial charge in [-0.15, -0.1) is 11.3 Å². The van der Waals surface area contributed by atoms with E-state index in [1.807, 2.05) is 0 Å². The predicted molar refractivity (Wildman–Crippen MR) is 99.4 cm³/mol. The molecule has 0 radical (unpaired) electrons. The molecule has 1 N–H and O–H groups in total. The summed E-state index contributed by atoms with van der Waals surface area (Å²) >= 11 is 1.29. The molecule has 1 aromatic heterocycles. The summed E-state index contributed by atoms with van der Waals surface area (Å²) in [5, 5.41) is 5.01. The summed E-state index contributed by atoms with van der Waals surface area (Å²) in [6.07, 6.45) is 0.176. The summed E-state index contributed by atoms with van der Waals surface area (Å²) < 4.78 is 23.7. The van der Waals surface area contributed by atoms with E-state index in [1.165, 1.54) is 23.5 Å². The van der Waals surface area contributed by atoms with Crippen LogP contribution in [0.15, 0.2) is 47.8 Å². The number of rotatable bonds is 6. The Hall–Kier alpha value is -2.93. The molecule has 3 rings (SSSR count). The fraction of sp³-hybridized carbons (Fsp3) is 0.158. The van der Waals surface area contributed by atoms with E-state index in [9.17, 15) is 9.18 Å². The number of thiazole rings is 1. The third-order valence-electron chi connectivity index (χ3n) is 3.68. The molecule has 1 amide bonds. The Morgan fingerprint density at radius 1 is 1.15 bits per heavy atom. The average molecular weight is 372 g/mol. The molecule has 0 spiro atoms. The first-order valence-electron chi connectivity index (χ1n) is 7.81. The Morgan fingerprint density at radius 3 is 2.69 bits per heavy atom. The number of methoxy groups -OCH3 is 2. The molecule has 0 aliphatic rings. The van der Waals surface area contributed by atoms with Crippen molar-refractivity contribution in [3.8, 4) is 22.8 Å². The standard InChI is InChI=1S/C19H17FN2O3S/c1-24-16-7-6-12(8-17(16)25-2)9-18(23)22-19-21-15(11-26-19)13-4-3-5-14(20)10-13/h3-8,10-11H,9H2,1-2H3,(H,21,22,23). The number of carbonyl (C=O) groups is 1. The maximum absolute atomic E-state index is 13.3. The molecule has 0 fully saturated rings. The Kier molecular flexibility index (Phi) is 5.48. The van der Waals surface area contributed by atoms with E-state index < -0.39 is 0 Å². The highest BCUT2D eigenvalue weighted by Gasteiger charge is 2.11. The summed E-state index contributed by atoms with van der Waals surface area (Å²) in [7, 11) is 3.11. The van der Waals surface area contributed by atoms with Crippen molar-refractivity contribution in [2.45, 2.75) is 6.42 Å². The van der Waals surface area contributed by atoms with Crippen LogP contribution in [-0.4, -0.2) is 25.1 Å². The molecule has 26 heavy (non-hydrogen) atoms. The van der Waals surface area contributed by atoms with Gasteiger partial charge >= 0.3 is 0 Å². The second-order valence-electron chi connectivity index (χ2n) is 5.46. The number of benzene rings is 2. The van der Waals surface area contributed by atoms with Crippen LogP contribution in [0.2, 0.25) is 0 Å². The molecule has 0 atom stereocenters. The first-order chi connectivity index (χ1) is 12.6. The average Bonchev–Trinajstić information content (AvgIpc) is 3.10. The predicted octanol–water partition coefficient (Wildman–Crippen LogP) is 4.15. The summed E-state index contributed by atoms with van der Waals surface area (Å²) in [5.41, 5.74) is 2.08. The number of nitrogens with one attached hydrogen (secondary N) is 1. The normalized spacial score (nSPS) is 10.4. The third-order valence-corrected chi connectivity index (χ3v) is 4.44. The van der Waals surface area contributed by atoms with Crippen LogP contribution in [0.3, 0.4) is 0 Å². The van der Waals surface area contributed by atoms with Crippen molar-refractivity contribution < 1.29 is 18.7 Å². The molecule has 0 unspecified atom stereocenters. The van der Waals surface area contributed by atoms with E-state index >= 15 is 0 Å². The number of aromatic nitrogens is 1. The summed E-state index contributed by atoms with van der Waals surface area (Å²) in [4.78, 5) is 16.6. The molecule has 1 heterocycles. The summed E-state index contributed by atoms with van der Waals surface area (Å²) in [6, 6.07) is 11.5. The fourth-order valence-electron chi connectivity index (χ4n) is 2.45. The van der Waals surface area contributed by atoms with E-state index in [2.05, 4.69) is 10.3 Å². The maximum Gasteiger partial charge on any atom is 0.230 e. The van der Waals surface area contributed by atoms with Gasteiger partial charge in [0.15, 0.2) is 16.6 Å². The van der Waals surface area contributed by atoms with Crippen LogP contribution in [0.25, 0.3) is 11.3 Å². The molecule has 0 saturated carbocycles. The maximum atomic E-state index is 13.3. The minimum absolute atomic E-state index is 0.176. The van der Waals surface area contributed by atoms with Gasteiger partial charge in [-0.25, -0.2) is 9.37 Å². The molecule has 2 aromatic carbocycles. The first-order valence-corrected chi connectivity index (χ1v) is 8.69. The van der Waals surface area contributed by atoms with Gasteiger partial charge < -0.3 is 14.8 Å². The number of anilines is 1. The minimum atomic E-state index is -0.325. The van der Waals surface area contributed by atoms with E-state index in [1.54, 1.807) is 49.9 Å². The SMILES string of the molecule is COc1ccc(CC(=O)Nc2nc(-c3cccc(F)c3)cs2)cc1OC. The van der Waals surface area contributed by atoms with Gasteiger partial charge in [-0.2, -0.15) is 0 Å². The van der Waals surface area contributed by atoms with Gasteiger partial charge in [-0.3, -0.25) is 4.79 Å². The Morgan fingerprint density at radius 2 is 1.96 bits per heavy atom. The molecular formula is C19H17FN2O3S. The van der Waals surface area contributed by atoms with Gasteiger partial charge in [0, 0.05) is 10.9 Å². The van der Waals surface area contributed by atoms with Crippen LogP contribution in [0.4, 0.5) is 9.52 Å². The second kappa shape index (κ2) is 7.97. The van der Waals surface area contributed by atoms with Crippen molar-refractivity contribution in [2.24, 2.45) is 0 Å². The van der Waals surface area contributed by atoms with Crippen molar-refractivity contribution in [1.82, 2.24) is 4.98 Å². The number of hydrogen-bond acceptors (Lipinski definition) is 5. The van der Waals surface area contributed by atoms with Gasteiger partial charge in [-0.05, 0) is 29.8 Å². The van der Waals surface area contributed by atoms with E-state index in [-0.39, 0.29) is 18.1 Å². The molecule has 134 valence electrons. The minimum Gasteiger partial charge on any atom is -0.493 e. The zero-order valence-corrected chi connectivity index (χ0v) is 15.1. The molecule has 3 aromatic rings. The van der Waals surface area contributed by atoms with Crippen LogP contribution in [0.1, 0.15) is 5.56 Å². The Balaban J connectivity index is 1.67.